The number of rotatable bonds is 4. The number of hydrogen-bond acceptors (Lipinski definition) is 8. The summed E-state index contributed by atoms with van der Waals surface area (Å²) in [5, 5.41) is 2.16. The van der Waals surface area contributed by atoms with Crippen molar-refractivity contribution < 1.29 is 37.5 Å². The Morgan fingerprint density at radius 2 is 0.914 bits per heavy atom. The van der Waals surface area contributed by atoms with Gasteiger partial charge in [0, 0.05) is 34.6 Å². The van der Waals surface area contributed by atoms with E-state index in [2.05, 4.69) is 0 Å². The Balaban J connectivity index is 1.41. The van der Waals surface area contributed by atoms with Gasteiger partial charge in [0.05, 0.1) is 22.3 Å². The molecular weight excluding hydrogens is 468 g/mol. The highest BCUT2D eigenvalue weighted by Crippen LogP contribution is 2.38. The monoisotopic (exact) mass is 484 g/mol. The van der Waals surface area contributed by atoms with Gasteiger partial charge in [-0.1, -0.05) is 24.3 Å². The molecule has 0 aliphatic carbocycles. The maximum Gasteiger partial charge on any atom is 0.454 e. The molecule has 4 aromatic rings. The van der Waals surface area contributed by atoms with Crippen LogP contribution in [-0.2, 0) is 9.47 Å². The summed E-state index contributed by atoms with van der Waals surface area (Å²) in [4.78, 5) is 48.9. The van der Waals surface area contributed by atoms with Crippen molar-refractivity contribution in [1.29, 1.82) is 0 Å². The number of benzene rings is 4. The van der Waals surface area contributed by atoms with Crippen molar-refractivity contribution >= 4 is 54.0 Å². The van der Waals surface area contributed by atoms with Gasteiger partial charge in [-0.25, -0.2) is 19.2 Å². The van der Waals surface area contributed by atoms with E-state index in [-0.39, 0.29) is 0 Å². The summed E-state index contributed by atoms with van der Waals surface area (Å²) >= 11 is 0. The maximum atomic E-state index is 12.2. The number of hydrogen-bond donors (Lipinski definition) is 0. The van der Waals surface area contributed by atoms with E-state index in [9.17, 15) is 19.2 Å². The molecule has 0 aromatic heterocycles. The van der Waals surface area contributed by atoms with Crippen LogP contribution in [0.3, 0.4) is 0 Å². The van der Waals surface area contributed by atoms with E-state index in [0.29, 0.717) is 55.3 Å². The minimum absolute atomic E-state index is 0.295. The number of ether oxygens (including phenoxy) is 2. The molecule has 0 spiro atoms. The van der Waals surface area contributed by atoms with Crippen LogP contribution in [0.1, 0.15) is 41.4 Å². The molecule has 0 N–H and O–H groups in total. The molecule has 6 rings (SSSR count). The van der Waals surface area contributed by atoms with E-state index >= 15 is 0 Å². The van der Waals surface area contributed by atoms with Crippen molar-refractivity contribution in [3.8, 4) is 11.5 Å². The average Bonchev–Trinajstić information content (AvgIpc) is 2.82. The maximum absolute atomic E-state index is 12.2. The molecular formula is C26H16O8Si. The Kier molecular flexibility index (Phi) is 4.36. The lowest BCUT2D eigenvalue weighted by Crippen LogP contribution is -2.42. The fraction of sp³-hybridized carbons (Fsp3) is 0.0769. The first-order valence-corrected chi connectivity index (χ1v) is 13.6. The van der Waals surface area contributed by atoms with Crippen LogP contribution in [0, 0.1) is 0 Å². The third-order valence-electron chi connectivity index (χ3n) is 5.96. The van der Waals surface area contributed by atoms with E-state index in [1.54, 1.807) is 60.7 Å². The van der Waals surface area contributed by atoms with Crippen molar-refractivity contribution in [1.82, 2.24) is 0 Å². The topological polar surface area (TPSA) is 105 Å². The Bertz CT molecular complexity index is 1490. The molecule has 0 atom stereocenters. The third kappa shape index (κ3) is 3.20. The lowest BCUT2D eigenvalue weighted by Gasteiger charge is -2.27. The van der Waals surface area contributed by atoms with Crippen LogP contribution < -0.4 is 8.85 Å². The largest absolute Gasteiger partial charge is 0.512 e. The zero-order chi connectivity index (χ0) is 24.5. The predicted molar refractivity (Wildman–Crippen MR) is 126 cm³/mol. The third-order valence-corrected chi connectivity index (χ3v) is 7.39. The van der Waals surface area contributed by atoms with Gasteiger partial charge in [0.1, 0.15) is 11.5 Å². The average molecular weight is 484 g/mol. The van der Waals surface area contributed by atoms with E-state index in [1.165, 1.54) is 0 Å². The smallest absolute Gasteiger partial charge is 0.454 e. The second-order valence-corrected chi connectivity index (χ2v) is 11.8. The van der Waals surface area contributed by atoms with Gasteiger partial charge in [0.2, 0.25) is 0 Å². The lowest BCUT2D eigenvalue weighted by atomic mass is 9.97. The van der Waals surface area contributed by atoms with Gasteiger partial charge >= 0.3 is 32.4 Å². The highest BCUT2D eigenvalue weighted by Gasteiger charge is 2.34. The SMILES string of the molecule is C[Si](C)(Oc1ccc2c3c(cccc13)C(=O)OC2=O)Oc1ccc2c3c(cccc13)C(=O)OC2=O. The highest BCUT2D eigenvalue weighted by atomic mass is 28.4. The molecule has 172 valence electrons. The summed E-state index contributed by atoms with van der Waals surface area (Å²) < 4.78 is 22.4. The van der Waals surface area contributed by atoms with Crippen molar-refractivity contribution in [3.63, 3.8) is 0 Å². The van der Waals surface area contributed by atoms with Crippen molar-refractivity contribution in [3.05, 3.63) is 82.9 Å². The molecule has 2 heterocycles. The van der Waals surface area contributed by atoms with Crippen LogP contribution >= 0.6 is 0 Å². The molecule has 0 saturated heterocycles. The van der Waals surface area contributed by atoms with Gasteiger partial charge in [0.15, 0.2) is 0 Å². The molecule has 0 amide bonds. The lowest BCUT2D eigenvalue weighted by molar-refractivity contribution is 0.0373. The van der Waals surface area contributed by atoms with Crippen LogP contribution in [0.5, 0.6) is 11.5 Å². The van der Waals surface area contributed by atoms with Gasteiger partial charge in [0.25, 0.3) is 0 Å². The first kappa shape index (κ1) is 21.1. The zero-order valence-electron chi connectivity index (χ0n) is 18.5. The summed E-state index contributed by atoms with van der Waals surface area (Å²) in [5.74, 6) is -1.87. The number of cyclic esters (lactones) is 4. The van der Waals surface area contributed by atoms with Gasteiger partial charge in [-0.15, -0.1) is 0 Å². The molecule has 0 unspecified atom stereocenters. The zero-order valence-corrected chi connectivity index (χ0v) is 19.5. The van der Waals surface area contributed by atoms with Crippen LogP contribution in [0.25, 0.3) is 21.5 Å². The molecule has 0 saturated carbocycles. The van der Waals surface area contributed by atoms with Gasteiger partial charge in [-0.2, -0.15) is 0 Å². The van der Waals surface area contributed by atoms with E-state index in [4.69, 9.17) is 18.3 Å². The molecule has 0 radical (unpaired) electrons. The Hall–Kier alpha value is -4.50. The van der Waals surface area contributed by atoms with Crippen LogP contribution in [-0.4, -0.2) is 32.4 Å². The van der Waals surface area contributed by atoms with E-state index in [1.807, 2.05) is 13.1 Å². The van der Waals surface area contributed by atoms with E-state index in [0.717, 1.165) is 0 Å². The predicted octanol–water partition coefficient (Wildman–Crippen LogP) is 4.77. The first-order chi connectivity index (χ1) is 16.7. The van der Waals surface area contributed by atoms with Crippen LogP contribution in [0.2, 0.25) is 13.1 Å². The van der Waals surface area contributed by atoms with Crippen LogP contribution in [0.15, 0.2) is 60.7 Å². The van der Waals surface area contributed by atoms with E-state index < -0.39 is 32.4 Å². The van der Waals surface area contributed by atoms with Gasteiger partial charge in [-0.3, -0.25) is 0 Å². The second-order valence-electron chi connectivity index (χ2n) is 8.64. The molecule has 35 heavy (non-hydrogen) atoms. The molecule has 2 aliphatic rings. The summed E-state index contributed by atoms with van der Waals surface area (Å²) in [6, 6.07) is 16.6. The minimum atomic E-state index is -2.94. The summed E-state index contributed by atoms with van der Waals surface area (Å²) in [6.07, 6.45) is 0. The summed E-state index contributed by atoms with van der Waals surface area (Å²) in [7, 11) is -2.94. The fourth-order valence-corrected chi connectivity index (χ4v) is 6.01. The molecule has 8 nitrogen and oxygen atoms in total. The molecule has 9 heteroatoms. The van der Waals surface area contributed by atoms with Gasteiger partial charge in [-0.05, 0) is 36.4 Å². The normalized spacial score (nSPS) is 14.7. The van der Waals surface area contributed by atoms with Crippen molar-refractivity contribution in [2.75, 3.05) is 0 Å². The first-order valence-electron chi connectivity index (χ1n) is 10.8. The highest BCUT2D eigenvalue weighted by molar-refractivity contribution is 6.66. The molecule has 0 bridgehead atoms. The second kappa shape index (κ2) is 7.25. The van der Waals surface area contributed by atoms with Crippen molar-refractivity contribution in [2.24, 2.45) is 0 Å². The minimum Gasteiger partial charge on any atom is -0.512 e. The molecule has 0 fully saturated rings. The summed E-state index contributed by atoms with van der Waals surface area (Å²) in [6.45, 7) is 3.69. The quantitative estimate of drug-likeness (QED) is 0.232. The Morgan fingerprint density at radius 1 is 0.543 bits per heavy atom. The Morgan fingerprint density at radius 3 is 1.31 bits per heavy atom. The molecule has 2 aliphatic heterocycles. The van der Waals surface area contributed by atoms with Gasteiger partial charge < -0.3 is 18.3 Å². The number of carbonyl (C=O) groups is 4. The standard InChI is InChI=1S/C26H16O8Si/c1-35(2,33-19-11-9-17-21-13(19)5-3-7-15(21)23(27)31-25(17)29)34-20-12-10-18-22-14(20)6-4-8-16(22)24(28)32-26(18)30/h3-12H,1-2H3. The number of esters is 4. The summed E-state index contributed by atoms with van der Waals surface area (Å²) in [5.41, 5.74) is 1.18. The fourth-order valence-electron chi connectivity index (χ4n) is 4.56. The van der Waals surface area contributed by atoms with Crippen LogP contribution in [0.4, 0.5) is 0 Å². The van der Waals surface area contributed by atoms with Crippen molar-refractivity contribution in [2.45, 2.75) is 13.1 Å². The number of carbonyl (C=O) groups excluding carboxylic acids is 4. The molecule has 4 aromatic carbocycles. The Labute approximate surface area is 199 Å².